The Morgan fingerprint density at radius 1 is 0.941 bits per heavy atom. The molecule has 0 aromatic heterocycles. The van der Waals surface area contributed by atoms with E-state index in [-0.39, 0.29) is 17.7 Å². The molecule has 3 aromatic rings. The Balaban J connectivity index is 1.48. The Hall–Kier alpha value is -3.24. The second-order valence-electron chi connectivity index (χ2n) is 9.50. The number of nitrogens with one attached hydrogen (secondary N) is 2. The van der Waals surface area contributed by atoms with Crippen molar-refractivity contribution in [1.82, 2.24) is 0 Å². The molecule has 5 rings (SSSR count). The maximum Gasteiger partial charge on any atom is 0.163 e. The Bertz CT molecular complexity index is 1230. The number of halogens is 1. The van der Waals surface area contributed by atoms with E-state index < -0.39 is 0 Å². The smallest absolute Gasteiger partial charge is 0.163 e. The Labute approximate surface area is 206 Å². The molecule has 2 aliphatic rings. The van der Waals surface area contributed by atoms with Crippen LogP contribution in [0, 0.1) is 5.92 Å². The third kappa shape index (κ3) is 4.69. The summed E-state index contributed by atoms with van der Waals surface area (Å²) in [5, 5.41) is 7.85. The summed E-state index contributed by atoms with van der Waals surface area (Å²) < 4.78 is 5.84. The molecular weight excluding hydrogens is 444 g/mol. The van der Waals surface area contributed by atoms with Crippen LogP contribution in [0.4, 0.5) is 11.4 Å². The standard InChI is InChI=1S/C29H29ClN2O2/c1-18(2)17-34-23-12-10-19(11-13-23)21-15-26-28(27(33)16-21)29(20-6-5-7-22(30)14-20)32-25-9-4-3-8-24(25)31-26/h3-14,18,21,29,31-32H,15-17H2,1-2H3. The SMILES string of the molecule is CC(C)COc1ccc(C2CC(=O)C3=C(C2)Nc2ccccc2NC3c2cccc(Cl)c2)cc1. The third-order valence-electron chi connectivity index (χ3n) is 6.43. The first kappa shape index (κ1) is 22.5. The summed E-state index contributed by atoms with van der Waals surface area (Å²) in [6, 6.07) is 23.8. The minimum atomic E-state index is -0.259. The van der Waals surface area contributed by atoms with Crippen molar-refractivity contribution in [3.63, 3.8) is 0 Å². The number of Topliss-reactive ketones (excluding diaryl/α,β-unsaturated/α-hetero) is 1. The molecule has 0 radical (unpaired) electrons. The van der Waals surface area contributed by atoms with Crippen LogP contribution >= 0.6 is 11.6 Å². The van der Waals surface area contributed by atoms with Crippen molar-refractivity contribution >= 4 is 28.8 Å². The summed E-state index contributed by atoms with van der Waals surface area (Å²) in [4.78, 5) is 13.6. The van der Waals surface area contributed by atoms with Gasteiger partial charge in [0.15, 0.2) is 5.78 Å². The highest BCUT2D eigenvalue weighted by molar-refractivity contribution is 6.30. The van der Waals surface area contributed by atoms with Crippen LogP contribution in [0.1, 0.15) is 49.8 Å². The summed E-state index contributed by atoms with van der Waals surface area (Å²) in [7, 11) is 0. The number of carbonyl (C=O) groups excluding carboxylic acids is 1. The van der Waals surface area contributed by atoms with Gasteiger partial charge in [-0.2, -0.15) is 0 Å². The predicted octanol–water partition coefficient (Wildman–Crippen LogP) is 7.35. The Morgan fingerprint density at radius 2 is 1.71 bits per heavy atom. The van der Waals surface area contributed by atoms with Crippen molar-refractivity contribution in [1.29, 1.82) is 0 Å². The van der Waals surface area contributed by atoms with Crippen LogP contribution in [0.3, 0.4) is 0 Å². The quantitative estimate of drug-likeness (QED) is 0.407. The van der Waals surface area contributed by atoms with E-state index in [1.165, 1.54) is 0 Å². The van der Waals surface area contributed by atoms with Crippen molar-refractivity contribution in [2.75, 3.05) is 17.2 Å². The number of rotatable bonds is 5. The molecule has 0 saturated heterocycles. The summed E-state index contributed by atoms with van der Waals surface area (Å²) in [5.74, 6) is 1.62. The number of anilines is 2. The van der Waals surface area contributed by atoms with E-state index in [1.807, 2.05) is 60.7 Å². The number of ketones is 1. The highest BCUT2D eigenvalue weighted by Gasteiger charge is 2.36. The maximum atomic E-state index is 13.6. The Kier molecular flexibility index (Phi) is 6.34. The average Bonchev–Trinajstić information content (AvgIpc) is 3.00. The molecule has 4 nitrogen and oxygen atoms in total. The van der Waals surface area contributed by atoms with Gasteiger partial charge in [0, 0.05) is 22.7 Å². The van der Waals surface area contributed by atoms with E-state index >= 15 is 0 Å². The summed E-state index contributed by atoms with van der Waals surface area (Å²) in [5.41, 5.74) is 5.86. The molecule has 2 N–H and O–H groups in total. The van der Waals surface area contributed by atoms with Gasteiger partial charge in [-0.25, -0.2) is 0 Å². The van der Waals surface area contributed by atoms with Gasteiger partial charge in [-0.3, -0.25) is 4.79 Å². The molecule has 2 unspecified atom stereocenters. The van der Waals surface area contributed by atoms with Crippen LogP contribution in [0.5, 0.6) is 5.75 Å². The minimum Gasteiger partial charge on any atom is -0.493 e. The first-order chi connectivity index (χ1) is 16.5. The van der Waals surface area contributed by atoms with E-state index in [9.17, 15) is 4.79 Å². The molecule has 3 aromatic carbocycles. The van der Waals surface area contributed by atoms with E-state index in [1.54, 1.807) is 0 Å². The molecule has 1 aliphatic carbocycles. The number of hydrogen-bond acceptors (Lipinski definition) is 4. The van der Waals surface area contributed by atoms with Crippen molar-refractivity contribution in [2.24, 2.45) is 5.92 Å². The molecule has 0 saturated carbocycles. The van der Waals surface area contributed by atoms with Crippen LogP contribution in [-0.4, -0.2) is 12.4 Å². The lowest BCUT2D eigenvalue weighted by atomic mass is 9.78. The number of ether oxygens (including phenoxy) is 1. The zero-order chi connectivity index (χ0) is 23.7. The lowest BCUT2D eigenvalue weighted by molar-refractivity contribution is -0.116. The molecule has 0 amide bonds. The first-order valence-corrected chi connectivity index (χ1v) is 12.2. The monoisotopic (exact) mass is 472 g/mol. The zero-order valence-corrected chi connectivity index (χ0v) is 20.2. The lowest BCUT2D eigenvalue weighted by Gasteiger charge is -2.30. The van der Waals surface area contributed by atoms with Crippen LogP contribution in [0.15, 0.2) is 84.1 Å². The molecule has 174 valence electrons. The zero-order valence-electron chi connectivity index (χ0n) is 19.5. The van der Waals surface area contributed by atoms with E-state index in [4.69, 9.17) is 16.3 Å². The molecule has 0 spiro atoms. The van der Waals surface area contributed by atoms with Gasteiger partial charge in [0.2, 0.25) is 0 Å². The molecule has 0 fully saturated rings. The van der Waals surface area contributed by atoms with Gasteiger partial charge in [-0.1, -0.05) is 61.8 Å². The highest BCUT2D eigenvalue weighted by Crippen LogP contribution is 2.44. The number of carbonyl (C=O) groups is 1. The molecule has 1 heterocycles. The second kappa shape index (κ2) is 9.55. The van der Waals surface area contributed by atoms with Crippen molar-refractivity contribution in [2.45, 2.75) is 38.6 Å². The Morgan fingerprint density at radius 3 is 2.44 bits per heavy atom. The van der Waals surface area contributed by atoms with Gasteiger partial charge in [-0.15, -0.1) is 0 Å². The topological polar surface area (TPSA) is 50.4 Å². The van der Waals surface area contributed by atoms with Crippen LogP contribution in [0.25, 0.3) is 0 Å². The summed E-state index contributed by atoms with van der Waals surface area (Å²) in [6.07, 6.45) is 1.24. The van der Waals surface area contributed by atoms with Gasteiger partial charge in [0.05, 0.1) is 24.0 Å². The molecule has 0 bridgehead atoms. The number of para-hydroxylation sites is 2. The van der Waals surface area contributed by atoms with Gasteiger partial charge < -0.3 is 15.4 Å². The van der Waals surface area contributed by atoms with Gasteiger partial charge in [-0.05, 0) is 65.8 Å². The fourth-order valence-corrected chi connectivity index (χ4v) is 4.96. The van der Waals surface area contributed by atoms with E-state index in [0.717, 1.165) is 45.9 Å². The average molecular weight is 473 g/mol. The fourth-order valence-electron chi connectivity index (χ4n) is 4.76. The minimum absolute atomic E-state index is 0.114. The molecule has 5 heteroatoms. The van der Waals surface area contributed by atoms with Crippen LogP contribution in [0.2, 0.25) is 5.02 Å². The maximum absolute atomic E-state index is 13.6. The van der Waals surface area contributed by atoms with Gasteiger partial charge in [0.25, 0.3) is 0 Å². The van der Waals surface area contributed by atoms with E-state index in [0.29, 0.717) is 24.0 Å². The number of fused-ring (bicyclic) bond motifs is 1. The molecule has 1 aliphatic heterocycles. The molecule has 34 heavy (non-hydrogen) atoms. The first-order valence-electron chi connectivity index (χ1n) is 11.8. The predicted molar refractivity (Wildman–Crippen MR) is 139 cm³/mol. The third-order valence-corrected chi connectivity index (χ3v) is 6.66. The number of hydrogen-bond donors (Lipinski definition) is 2. The van der Waals surface area contributed by atoms with Crippen LogP contribution in [-0.2, 0) is 4.79 Å². The number of benzene rings is 3. The molecular formula is C29H29ClN2O2. The fraction of sp³-hybridized carbons (Fsp3) is 0.276. The lowest BCUT2D eigenvalue weighted by Crippen LogP contribution is -2.26. The van der Waals surface area contributed by atoms with Crippen molar-refractivity contribution in [3.8, 4) is 5.75 Å². The second-order valence-corrected chi connectivity index (χ2v) is 9.93. The summed E-state index contributed by atoms with van der Waals surface area (Å²) >= 11 is 6.32. The van der Waals surface area contributed by atoms with Gasteiger partial charge >= 0.3 is 0 Å². The summed E-state index contributed by atoms with van der Waals surface area (Å²) in [6.45, 7) is 4.96. The van der Waals surface area contributed by atoms with Crippen molar-refractivity contribution in [3.05, 3.63) is 100 Å². The van der Waals surface area contributed by atoms with Crippen LogP contribution < -0.4 is 15.4 Å². The van der Waals surface area contributed by atoms with Gasteiger partial charge in [0.1, 0.15) is 5.75 Å². The van der Waals surface area contributed by atoms with Crippen molar-refractivity contribution < 1.29 is 9.53 Å². The number of allylic oxidation sites excluding steroid dienone is 1. The normalized spacial score (nSPS) is 19.6. The largest absolute Gasteiger partial charge is 0.493 e. The highest BCUT2D eigenvalue weighted by atomic mass is 35.5. The molecule has 2 atom stereocenters. The van der Waals surface area contributed by atoms with E-state index in [2.05, 4.69) is 36.6 Å².